The molecule has 1 aliphatic heterocycles. The van der Waals surface area contributed by atoms with Crippen molar-refractivity contribution in [2.75, 3.05) is 6.54 Å². The number of benzene rings is 1. The molecule has 1 saturated heterocycles. The highest BCUT2D eigenvalue weighted by atomic mass is 19.1. The summed E-state index contributed by atoms with van der Waals surface area (Å²) in [7, 11) is 0. The molecule has 0 radical (unpaired) electrons. The summed E-state index contributed by atoms with van der Waals surface area (Å²) >= 11 is 0. The van der Waals surface area contributed by atoms with Crippen LogP contribution in [0, 0.1) is 17.6 Å². The van der Waals surface area contributed by atoms with Gasteiger partial charge in [-0.25, -0.2) is 8.78 Å². The van der Waals surface area contributed by atoms with Gasteiger partial charge in [-0.3, -0.25) is 0 Å². The van der Waals surface area contributed by atoms with Crippen LogP contribution in [-0.4, -0.2) is 6.54 Å². The molecule has 0 unspecified atom stereocenters. The zero-order valence-corrected chi connectivity index (χ0v) is 8.06. The fraction of sp³-hybridized carbons (Fsp3) is 0.455. The normalized spacial score (nSPS) is 26.8. The van der Waals surface area contributed by atoms with E-state index in [2.05, 4.69) is 12.2 Å². The van der Waals surface area contributed by atoms with E-state index in [1.165, 1.54) is 12.1 Å². The van der Waals surface area contributed by atoms with Gasteiger partial charge < -0.3 is 5.32 Å². The van der Waals surface area contributed by atoms with E-state index in [1.54, 1.807) is 0 Å². The summed E-state index contributed by atoms with van der Waals surface area (Å²) in [5.41, 5.74) is 0.453. The molecule has 1 nitrogen and oxygen atoms in total. The Labute approximate surface area is 82.1 Å². The lowest BCUT2D eigenvalue weighted by molar-refractivity contribution is 0.536. The Balaban J connectivity index is 2.27. The first-order valence-corrected chi connectivity index (χ1v) is 4.85. The molecule has 76 valence electrons. The predicted molar refractivity (Wildman–Crippen MR) is 50.9 cm³/mol. The van der Waals surface area contributed by atoms with Crippen LogP contribution < -0.4 is 5.32 Å². The van der Waals surface area contributed by atoms with Crippen molar-refractivity contribution in [1.29, 1.82) is 0 Å². The average molecular weight is 197 g/mol. The molecule has 1 aliphatic rings. The van der Waals surface area contributed by atoms with Crippen molar-refractivity contribution >= 4 is 0 Å². The Morgan fingerprint density at radius 3 is 2.79 bits per heavy atom. The smallest absolute Gasteiger partial charge is 0.128 e. The fourth-order valence-corrected chi connectivity index (χ4v) is 1.93. The molecule has 1 aromatic carbocycles. The summed E-state index contributed by atoms with van der Waals surface area (Å²) in [6.07, 6.45) is 0.875. The summed E-state index contributed by atoms with van der Waals surface area (Å²) in [5.74, 6) is -0.163. The van der Waals surface area contributed by atoms with Crippen LogP contribution in [0.1, 0.15) is 24.9 Å². The van der Waals surface area contributed by atoms with Gasteiger partial charge in [0.1, 0.15) is 11.6 Å². The van der Waals surface area contributed by atoms with Gasteiger partial charge in [0.15, 0.2) is 0 Å². The number of rotatable bonds is 1. The third-order valence-electron chi connectivity index (χ3n) is 2.68. The van der Waals surface area contributed by atoms with Gasteiger partial charge >= 0.3 is 0 Å². The standard InChI is InChI=1S/C11H13F2N/c1-7-4-11(14-6-7)9-5-8(12)2-3-10(9)13/h2-3,5,7,11,14H,4,6H2,1H3/t7-,11-/m1/s1. The molecular weight excluding hydrogens is 184 g/mol. The second-order valence-corrected chi connectivity index (χ2v) is 3.97. The number of halogens is 2. The van der Waals surface area contributed by atoms with Crippen LogP contribution in [0.5, 0.6) is 0 Å². The maximum absolute atomic E-state index is 13.3. The first kappa shape index (κ1) is 9.59. The molecule has 1 fully saturated rings. The maximum Gasteiger partial charge on any atom is 0.128 e. The molecule has 1 heterocycles. The van der Waals surface area contributed by atoms with Crippen LogP contribution in [0.4, 0.5) is 8.78 Å². The number of hydrogen-bond donors (Lipinski definition) is 1. The molecule has 1 N–H and O–H groups in total. The molecular formula is C11H13F2N. The molecule has 2 rings (SSSR count). The van der Waals surface area contributed by atoms with E-state index in [-0.39, 0.29) is 17.7 Å². The quantitative estimate of drug-likeness (QED) is 0.729. The predicted octanol–water partition coefficient (Wildman–Crippen LogP) is 2.64. The van der Waals surface area contributed by atoms with Crippen LogP contribution in [0.2, 0.25) is 0 Å². The molecule has 0 saturated carbocycles. The second-order valence-electron chi connectivity index (χ2n) is 3.97. The summed E-state index contributed by atoms with van der Waals surface area (Å²) in [6.45, 7) is 2.98. The lowest BCUT2D eigenvalue weighted by atomic mass is 10.0. The van der Waals surface area contributed by atoms with Gasteiger partial charge in [-0.15, -0.1) is 0 Å². The number of hydrogen-bond acceptors (Lipinski definition) is 1. The van der Waals surface area contributed by atoms with E-state index < -0.39 is 0 Å². The molecule has 3 heteroatoms. The van der Waals surface area contributed by atoms with Crippen LogP contribution in [0.25, 0.3) is 0 Å². The van der Waals surface area contributed by atoms with Gasteiger partial charge in [-0.2, -0.15) is 0 Å². The Morgan fingerprint density at radius 1 is 1.36 bits per heavy atom. The van der Waals surface area contributed by atoms with Crippen molar-refractivity contribution in [2.45, 2.75) is 19.4 Å². The van der Waals surface area contributed by atoms with Crippen LogP contribution in [0.3, 0.4) is 0 Å². The summed E-state index contributed by atoms with van der Waals surface area (Å²) < 4.78 is 26.2. The summed E-state index contributed by atoms with van der Waals surface area (Å²) in [5, 5.41) is 3.18. The van der Waals surface area contributed by atoms with Crippen molar-refractivity contribution in [3.63, 3.8) is 0 Å². The number of nitrogens with one attached hydrogen (secondary N) is 1. The highest BCUT2D eigenvalue weighted by Crippen LogP contribution is 2.28. The molecule has 0 aliphatic carbocycles. The van der Waals surface area contributed by atoms with E-state index in [0.717, 1.165) is 19.0 Å². The molecule has 14 heavy (non-hydrogen) atoms. The zero-order chi connectivity index (χ0) is 10.1. The van der Waals surface area contributed by atoms with Gasteiger partial charge in [-0.05, 0) is 37.1 Å². The van der Waals surface area contributed by atoms with Crippen molar-refractivity contribution in [3.8, 4) is 0 Å². The fourth-order valence-electron chi connectivity index (χ4n) is 1.93. The van der Waals surface area contributed by atoms with E-state index in [1.807, 2.05) is 0 Å². The first-order chi connectivity index (χ1) is 6.66. The maximum atomic E-state index is 13.3. The molecule has 0 amide bonds. The van der Waals surface area contributed by atoms with Crippen LogP contribution in [0.15, 0.2) is 18.2 Å². The minimum atomic E-state index is -0.372. The van der Waals surface area contributed by atoms with Gasteiger partial charge in [0.2, 0.25) is 0 Å². The highest BCUT2D eigenvalue weighted by Gasteiger charge is 2.24. The van der Waals surface area contributed by atoms with Crippen molar-refractivity contribution < 1.29 is 8.78 Å². The van der Waals surface area contributed by atoms with Gasteiger partial charge in [0.05, 0.1) is 0 Å². The van der Waals surface area contributed by atoms with E-state index in [4.69, 9.17) is 0 Å². The van der Waals surface area contributed by atoms with Crippen molar-refractivity contribution in [2.24, 2.45) is 5.92 Å². The minimum absolute atomic E-state index is 0.0271. The van der Waals surface area contributed by atoms with Gasteiger partial charge in [0.25, 0.3) is 0 Å². The molecule has 0 aromatic heterocycles. The van der Waals surface area contributed by atoms with Gasteiger partial charge in [-0.1, -0.05) is 6.92 Å². The van der Waals surface area contributed by atoms with E-state index in [9.17, 15) is 8.78 Å². The Hall–Kier alpha value is -0.960. The largest absolute Gasteiger partial charge is 0.310 e. The lowest BCUT2D eigenvalue weighted by Crippen LogP contribution is -2.14. The SMILES string of the molecule is C[C@H]1CN[C@@H](c2cc(F)ccc2F)C1. The first-order valence-electron chi connectivity index (χ1n) is 4.85. The van der Waals surface area contributed by atoms with Crippen LogP contribution in [-0.2, 0) is 0 Å². The van der Waals surface area contributed by atoms with Crippen LogP contribution >= 0.6 is 0 Å². The Bertz CT molecular complexity index is 338. The van der Waals surface area contributed by atoms with E-state index in [0.29, 0.717) is 11.5 Å². The Morgan fingerprint density at radius 2 is 2.14 bits per heavy atom. The zero-order valence-electron chi connectivity index (χ0n) is 8.06. The average Bonchev–Trinajstić information content (AvgIpc) is 2.56. The minimum Gasteiger partial charge on any atom is -0.310 e. The molecule has 0 bridgehead atoms. The third-order valence-corrected chi connectivity index (χ3v) is 2.68. The highest BCUT2D eigenvalue weighted by molar-refractivity contribution is 5.23. The van der Waals surface area contributed by atoms with Crippen molar-refractivity contribution in [1.82, 2.24) is 5.32 Å². The summed E-state index contributed by atoms with van der Waals surface area (Å²) in [6, 6.07) is 3.60. The van der Waals surface area contributed by atoms with Gasteiger partial charge in [0, 0.05) is 11.6 Å². The molecule has 2 atom stereocenters. The van der Waals surface area contributed by atoms with Crippen molar-refractivity contribution in [3.05, 3.63) is 35.4 Å². The monoisotopic (exact) mass is 197 g/mol. The second kappa shape index (κ2) is 3.65. The Kier molecular flexibility index (Phi) is 2.50. The summed E-state index contributed by atoms with van der Waals surface area (Å²) in [4.78, 5) is 0. The molecule has 1 aromatic rings. The topological polar surface area (TPSA) is 12.0 Å². The third kappa shape index (κ3) is 1.77. The van der Waals surface area contributed by atoms with E-state index >= 15 is 0 Å². The lowest BCUT2D eigenvalue weighted by Gasteiger charge is -2.11. The molecule has 0 spiro atoms.